The third-order valence-electron chi connectivity index (χ3n) is 2.81. The van der Waals surface area contributed by atoms with Crippen molar-refractivity contribution in [2.45, 2.75) is 64.6 Å². The van der Waals surface area contributed by atoms with Crippen molar-refractivity contribution in [1.82, 2.24) is 0 Å². The Balaban J connectivity index is 4.07. The lowest BCUT2D eigenvalue weighted by Crippen LogP contribution is -2.24. The molecule has 0 amide bonds. The number of hydrogen-bond acceptors (Lipinski definition) is 4. The first-order chi connectivity index (χ1) is 8.08. The molecule has 0 fully saturated rings. The number of unbranched alkanes of at least 4 members (excludes halogenated alkanes) is 3. The Kier molecular flexibility index (Phi) is 9.27. The Morgan fingerprint density at radius 3 is 2.41 bits per heavy atom. The van der Waals surface area contributed by atoms with E-state index in [0.717, 1.165) is 12.8 Å². The minimum atomic E-state index is -0.476. The molecule has 17 heavy (non-hydrogen) atoms. The Morgan fingerprint density at radius 2 is 1.88 bits per heavy atom. The fourth-order valence-corrected chi connectivity index (χ4v) is 1.57. The molecule has 4 heteroatoms. The predicted octanol–water partition coefficient (Wildman–Crippen LogP) is 3.81. The summed E-state index contributed by atoms with van der Waals surface area (Å²) >= 11 is 0. The fraction of sp³-hybridized carbons (Fsp3) is 1.00. The van der Waals surface area contributed by atoms with E-state index in [1.165, 1.54) is 19.3 Å². The van der Waals surface area contributed by atoms with Gasteiger partial charge in [0.25, 0.3) is 0 Å². The molecular formula is C13H28N2O2. The molecule has 0 radical (unpaired) electrons. The molecular weight excluding hydrogens is 216 g/mol. The van der Waals surface area contributed by atoms with Gasteiger partial charge in [-0.3, -0.25) is 0 Å². The van der Waals surface area contributed by atoms with Crippen LogP contribution >= 0.6 is 0 Å². The lowest BCUT2D eigenvalue weighted by atomic mass is 10.1. The van der Waals surface area contributed by atoms with E-state index in [2.05, 4.69) is 17.2 Å². The first-order valence-electron chi connectivity index (χ1n) is 6.54. The minimum absolute atomic E-state index is 0.0881. The molecule has 4 nitrogen and oxygen atoms in total. The van der Waals surface area contributed by atoms with Crippen molar-refractivity contribution in [3.05, 3.63) is 0 Å². The van der Waals surface area contributed by atoms with Crippen molar-refractivity contribution in [3.8, 4) is 0 Å². The summed E-state index contributed by atoms with van der Waals surface area (Å²) in [6, 6.07) is 0.0881. The number of azo groups is 1. The highest BCUT2D eigenvalue weighted by atomic mass is 16.5. The van der Waals surface area contributed by atoms with Gasteiger partial charge in [-0.2, -0.15) is 10.2 Å². The summed E-state index contributed by atoms with van der Waals surface area (Å²) in [6.07, 6.45) is 5.81. The molecule has 0 saturated carbocycles. The van der Waals surface area contributed by atoms with Crippen LogP contribution in [0.5, 0.6) is 0 Å². The van der Waals surface area contributed by atoms with Crippen molar-refractivity contribution in [2.24, 2.45) is 10.2 Å². The van der Waals surface area contributed by atoms with Crippen molar-refractivity contribution in [3.63, 3.8) is 0 Å². The molecule has 0 aliphatic rings. The molecule has 0 aromatic carbocycles. The quantitative estimate of drug-likeness (QED) is 0.433. The highest BCUT2D eigenvalue weighted by Gasteiger charge is 2.22. The maximum atomic E-state index is 5.45. The molecule has 2 atom stereocenters. The van der Waals surface area contributed by atoms with Crippen molar-refractivity contribution < 1.29 is 9.47 Å². The molecule has 0 heterocycles. The largest absolute Gasteiger partial charge is 0.382 e. The van der Waals surface area contributed by atoms with Gasteiger partial charge in [0.1, 0.15) is 0 Å². The van der Waals surface area contributed by atoms with Crippen LogP contribution in [-0.2, 0) is 9.47 Å². The Labute approximate surface area is 106 Å². The smallest absolute Gasteiger partial charge is 0.175 e. The van der Waals surface area contributed by atoms with Gasteiger partial charge in [0.2, 0.25) is 0 Å². The number of hydrogen-bond donors (Lipinski definition) is 0. The van der Waals surface area contributed by atoms with E-state index in [1.54, 1.807) is 14.2 Å². The summed E-state index contributed by atoms with van der Waals surface area (Å²) in [5.74, 6) is 0. The van der Waals surface area contributed by atoms with Crippen LogP contribution in [0, 0.1) is 0 Å². The van der Waals surface area contributed by atoms with Gasteiger partial charge in [-0.05, 0) is 26.7 Å². The molecule has 0 aromatic heterocycles. The van der Waals surface area contributed by atoms with E-state index in [9.17, 15) is 0 Å². The Bertz CT molecular complexity index is 210. The Morgan fingerprint density at radius 1 is 1.18 bits per heavy atom. The summed E-state index contributed by atoms with van der Waals surface area (Å²) < 4.78 is 10.5. The van der Waals surface area contributed by atoms with Crippen LogP contribution < -0.4 is 0 Å². The third-order valence-corrected chi connectivity index (χ3v) is 2.81. The van der Waals surface area contributed by atoms with Gasteiger partial charge in [-0.1, -0.05) is 26.2 Å². The van der Waals surface area contributed by atoms with E-state index in [1.807, 2.05) is 13.8 Å². The van der Waals surface area contributed by atoms with Gasteiger partial charge in [-0.15, -0.1) is 0 Å². The van der Waals surface area contributed by atoms with Crippen molar-refractivity contribution >= 4 is 0 Å². The van der Waals surface area contributed by atoms with E-state index < -0.39 is 5.72 Å². The molecule has 0 aliphatic heterocycles. The molecule has 0 rings (SSSR count). The average Bonchev–Trinajstić information content (AvgIpc) is 2.33. The van der Waals surface area contributed by atoms with E-state index in [-0.39, 0.29) is 6.04 Å². The maximum Gasteiger partial charge on any atom is 0.175 e. The van der Waals surface area contributed by atoms with Gasteiger partial charge < -0.3 is 9.47 Å². The van der Waals surface area contributed by atoms with E-state index >= 15 is 0 Å². The topological polar surface area (TPSA) is 43.2 Å². The maximum absolute atomic E-state index is 5.45. The number of methoxy groups -OCH3 is 2. The normalized spacial score (nSPS) is 17.2. The molecule has 2 unspecified atom stereocenters. The molecule has 0 spiro atoms. The van der Waals surface area contributed by atoms with Gasteiger partial charge in [0.05, 0.1) is 12.6 Å². The average molecular weight is 244 g/mol. The molecule has 0 aliphatic carbocycles. The van der Waals surface area contributed by atoms with E-state index in [0.29, 0.717) is 6.61 Å². The minimum Gasteiger partial charge on any atom is -0.382 e. The zero-order chi connectivity index (χ0) is 13.1. The molecule has 0 aromatic rings. The van der Waals surface area contributed by atoms with E-state index in [4.69, 9.17) is 9.47 Å². The van der Waals surface area contributed by atoms with Crippen LogP contribution in [0.25, 0.3) is 0 Å². The zero-order valence-corrected chi connectivity index (χ0v) is 12.0. The third kappa shape index (κ3) is 8.27. The van der Waals surface area contributed by atoms with Gasteiger partial charge in [-0.25, -0.2) is 0 Å². The highest BCUT2D eigenvalue weighted by Crippen LogP contribution is 2.21. The summed E-state index contributed by atoms with van der Waals surface area (Å²) in [5, 5.41) is 8.54. The molecule has 0 N–H and O–H groups in total. The first kappa shape index (κ1) is 16.5. The molecule has 0 bridgehead atoms. The summed E-state index contributed by atoms with van der Waals surface area (Å²) in [5.41, 5.74) is -0.476. The standard InChI is InChI=1S/C13H28N2O2/c1-6-7-8-9-10-13(3,17-5)15-14-12(2)11-16-4/h12H,6-11H2,1-5H3/b15-14+. The monoisotopic (exact) mass is 244 g/mol. The molecule has 102 valence electrons. The fourth-order valence-electron chi connectivity index (χ4n) is 1.57. The lowest BCUT2D eigenvalue weighted by molar-refractivity contribution is -0.00343. The molecule has 0 saturated heterocycles. The summed E-state index contributed by atoms with van der Waals surface area (Å²) in [6.45, 7) is 6.78. The first-order valence-corrected chi connectivity index (χ1v) is 6.54. The van der Waals surface area contributed by atoms with Gasteiger partial charge in [0.15, 0.2) is 5.72 Å². The van der Waals surface area contributed by atoms with Gasteiger partial charge in [0, 0.05) is 14.2 Å². The number of rotatable bonds is 10. The second-order valence-electron chi connectivity index (χ2n) is 4.71. The van der Waals surface area contributed by atoms with Crippen LogP contribution in [0.2, 0.25) is 0 Å². The van der Waals surface area contributed by atoms with Crippen LogP contribution in [0.1, 0.15) is 52.9 Å². The Hall–Kier alpha value is -0.480. The second-order valence-corrected chi connectivity index (χ2v) is 4.71. The zero-order valence-electron chi connectivity index (χ0n) is 12.0. The van der Waals surface area contributed by atoms with Crippen LogP contribution in [-0.4, -0.2) is 32.6 Å². The van der Waals surface area contributed by atoms with Crippen molar-refractivity contribution in [2.75, 3.05) is 20.8 Å². The van der Waals surface area contributed by atoms with Crippen molar-refractivity contribution in [1.29, 1.82) is 0 Å². The second kappa shape index (κ2) is 9.54. The van der Waals surface area contributed by atoms with Crippen LogP contribution in [0.3, 0.4) is 0 Å². The van der Waals surface area contributed by atoms with Crippen LogP contribution in [0.4, 0.5) is 0 Å². The van der Waals surface area contributed by atoms with Gasteiger partial charge >= 0.3 is 0 Å². The highest BCUT2D eigenvalue weighted by molar-refractivity contribution is 4.71. The lowest BCUT2D eigenvalue weighted by Gasteiger charge is -2.22. The SMILES string of the molecule is CCCCCCC(C)(/N=N/C(C)COC)OC. The summed E-state index contributed by atoms with van der Waals surface area (Å²) in [4.78, 5) is 0. The number of nitrogens with zero attached hydrogens (tertiary/aromatic N) is 2. The predicted molar refractivity (Wildman–Crippen MR) is 70.4 cm³/mol. The number of ether oxygens (including phenoxy) is 2. The van der Waals surface area contributed by atoms with Crippen LogP contribution in [0.15, 0.2) is 10.2 Å². The summed E-state index contributed by atoms with van der Waals surface area (Å²) in [7, 11) is 3.37.